The summed E-state index contributed by atoms with van der Waals surface area (Å²) in [6.07, 6.45) is 3.32. The summed E-state index contributed by atoms with van der Waals surface area (Å²) in [7, 11) is 0. The Balaban J connectivity index is 1.82. The maximum Gasteiger partial charge on any atom is 0.337 e. The Morgan fingerprint density at radius 2 is 1.97 bits per heavy atom. The van der Waals surface area contributed by atoms with Gasteiger partial charge in [0.05, 0.1) is 18.8 Å². The molecule has 37 heavy (non-hydrogen) atoms. The highest BCUT2D eigenvalue weighted by molar-refractivity contribution is 5.76. The minimum absolute atomic E-state index is 0.00624. The lowest BCUT2D eigenvalue weighted by Gasteiger charge is -2.31. The molecule has 1 aliphatic rings. The molecule has 4 heterocycles. The normalized spacial score (nSPS) is 15.3. The molecular formula is C27H26N8O2. The van der Waals surface area contributed by atoms with Crippen LogP contribution in [0, 0.1) is 23.2 Å². The predicted molar refractivity (Wildman–Crippen MR) is 141 cm³/mol. The Bertz CT molecular complexity index is 1680. The van der Waals surface area contributed by atoms with Gasteiger partial charge in [-0.05, 0) is 49.6 Å². The number of aromatic nitrogens is 5. The number of nitrogens with two attached hydrogens (primary N) is 1. The van der Waals surface area contributed by atoms with Crippen LogP contribution in [0.4, 0.5) is 5.95 Å². The van der Waals surface area contributed by atoms with E-state index in [0.717, 1.165) is 19.4 Å². The Labute approximate surface area is 213 Å². The molecule has 1 unspecified atom stereocenters. The van der Waals surface area contributed by atoms with Crippen LogP contribution in [-0.4, -0.2) is 42.8 Å². The molecule has 10 heteroatoms. The van der Waals surface area contributed by atoms with Crippen LogP contribution in [-0.2, 0) is 13.1 Å². The standard InChI is InChI=1S/C27H26N8O2/c1-2-3-14-33-23-24(31-26(33)32-13-7-8-20(29)18-32)35(22-9-5-4-6-10-22)27(37)34(25(23)36)17-19-11-12-30-21(15-19)16-28/h4-6,9-12,15,20H,7-8,13-14,17-18,29H2,1H3. The molecule has 0 amide bonds. The third-order valence-corrected chi connectivity index (χ3v) is 6.46. The zero-order chi connectivity index (χ0) is 25.9. The highest BCUT2D eigenvalue weighted by Gasteiger charge is 2.27. The first-order valence-electron chi connectivity index (χ1n) is 12.1. The van der Waals surface area contributed by atoms with Crippen molar-refractivity contribution in [1.82, 2.24) is 23.7 Å². The summed E-state index contributed by atoms with van der Waals surface area (Å²) in [6.45, 7) is 3.30. The van der Waals surface area contributed by atoms with E-state index < -0.39 is 11.2 Å². The van der Waals surface area contributed by atoms with Gasteiger partial charge in [-0.3, -0.25) is 13.9 Å². The largest absolute Gasteiger partial charge is 0.341 e. The minimum Gasteiger partial charge on any atom is -0.341 e. The number of rotatable bonds is 5. The van der Waals surface area contributed by atoms with Crippen LogP contribution >= 0.6 is 0 Å². The second-order valence-electron chi connectivity index (χ2n) is 8.95. The van der Waals surface area contributed by atoms with Crippen LogP contribution in [0.5, 0.6) is 0 Å². The van der Waals surface area contributed by atoms with Crippen molar-refractivity contribution in [2.75, 3.05) is 18.0 Å². The Hall–Kier alpha value is -4.67. The van der Waals surface area contributed by atoms with Crippen LogP contribution in [0.15, 0.2) is 58.3 Å². The number of para-hydroxylation sites is 1. The van der Waals surface area contributed by atoms with Crippen molar-refractivity contribution in [1.29, 1.82) is 5.26 Å². The van der Waals surface area contributed by atoms with E-state index in [2.05, 4.69) is 21.7 Å². The summed E-state index contributed by atoms with van der Waals surface area (Å²) >= 11 is 0. The van der Waals surface area contributed by atoms with Crippen molar-refractivity contribution < 1.29 is 0 Å². The molecule has 4 aromatic rings. The lowest BCUT2D eigenvalue weighted by Crippen LogP contribution is -2.44. The lowest BCUT2D eigenvalue weighted by atomic mass is 10.1. The highest BCUT2D eigenvalue weighted by atomic mass is 16.2. The molecule has 0 bridgehead atoms. The van der Waals surface area contributed by atoms with Crippen molar-refractivity contribution in [2.45, 2.75) is 38.9 Å². The summed E-state index contributed by atoms with van der Waals surface area (Å²) in [6, 6.07) is 14.4. The van der Waals surface area contributed by atoms with E-state index in [0.29, 0.717) is 23.7 Å². The molecule has 1 fully saturated rings. The number of hydrogen-bond acceptors (Lipinski definition) is 7. The minimum atomic E-state index is -0.521. The first kappa shape index (κ1) is 24.0. The monoisotopic (exact) mass is 494 g/mol. The number of nitriles is 1. The summed E-state index contributed by atoms with van der Waals surface area (Å²) in [5.41, 5.74) is 7.25. The van der Waals surface area contributed by atoms with Crippen LogP contribution < -0.4 is 21.9 Å². The lowest BCUT2D eigenvalue weighted by molar-refractivity contribution is 0.496. The molecule has 1 saturated heterocycles. The number of nitrogens with zero attached hydrogens (tertiary/aromatic N) is 7. The zero-order valence-electron chi connectivity index (χ0n) is 20.5. The number of pyridine rings is 1. The molecule has 0 aliphatic carbocycles. The first-order chi connectivity index (χ1) is 18.0. The Morgan fingerprint density at radius 1 is 1.16 bits per heavy atom. The smallest absolute Gasteiger partial charge is 0.337 e. The Kier molecular flexibility index (Phi) is 6.59. The van der Waals surface area contributed by atoms with Gasteiger partial charge in [-0.2, -0.15) is 10.2 Å². The molecule has 0 radical (unpaired) electrons. The molecule has 0 saturated carbocycles. The van der Waals surface area contributed by atoms with Gasteiger partial charge in [0.1, 0.15) is 11.8 Å². The molecule has 3 aromatic heterocycles. The van der Waals surface area contributed by atoms with E-state index in [-0.39, 0.29) is 36.0 Å². The molecule has 1 atom stereocenters. The van der Waals surface area contributed by atoms with Crippen molar-refractivity contribution >= 4 is 17.1 Å². The topological polar surface area (TPSA) is 128 Å². The fourth-order valence-electron chi connectivity index (χ4n) is 4.73. The third kappa shape index (κ3) is 4.51. The van der Waals surface area contributed by atoms with Crippen molar-refractivity contribution in [2.24, 2.45) is 5.73 Å². The molecule has 1 aliphatic heterocycles. The van der Waals surface area contributed by atoms with Gasteiger partial charge in [-0.15, -0.1) is 5.92 Å². The van der Waals surface area contributed by atoms with Gasteiger partial charge in [0.15, 0.2) is 11.2 Å². The Morgan fingerprint density at radius 3 is 2.70 bits per heavy atom. The van der Waals surface area contributed by atoms with Crippen molar-refractivity contribution in [3.05, 3.63) is 80.8 Å². The van der Waals surface area contributed by atoms with Gasteiger partial charge in [-0.25, -0.2) is 14.3 Å². The van der Waals surface area contributed by atoms with Crippen LogP contribution in [0.3, 0.4) is 0 Å². The average Bonchev–Trinajstić information content (AvgIpc) is 3.30. The van der Waals surface area contributed by atoms with Crippen LogP contribution in [0.25, 0.3) is 16.9 Å². The van der Waals surface area contributed by atoms with Crippen LogP contribution in [0.2, 0.25) is 0 Å². The SMILES string of the molecule is CC#CCn1c(N2CCCC(N)C2)nc2c1c(=O)n(Cc1ccnc(C#N)c1)c(=O)n2-c1ccccc1. The van der Waals surface area contributed by atoms with Gasteiger partial charge >= 0.3 is 5.69 Å². The number of hydrogen-bond donors (Lipinski definition) is 1. The van der Waals surface area contributed by atoms with E-state index in [1.54, 1.807) is 35.8 Å². The van der Waals surface area contributed by atoms with Gasteiger partial charge in [0, 0.05) is 25.3 Å². The van der Waals surface area contributed by atoms with Gasteiger partial charge < -0.3 is 10.6 Å². The van der Waals surface area contributed by atoms with E-state index in [1.807, 2.05) is 24.3 Å². The van der Waals surface area contributed by atoms with Crippen molar-refractivity contribution in [3.63, 3.8) is 0 Å². The number of benzene rings is 1. The number of imidazole rings is 1. The summed E-state index contributed by atoms with van der Waals surface area (Å²) in [4.78, 5) is 38.7. The summed E-state index contributed by atoms with van der Waals surface area (Å²) in [5, 5.41) is 9.25. The highest BCUT2D eigenvalue weighted by Crippen LogP contribution is 2.24. The van der Waals surface area contributed by atoms with E-state index in [1.165, 1.54) is 15.3 Å². The molecular weight excluding hydrogens is 468 g/mol. The van der Waals surface area contributed by atoms with Crippen LogP contribution in [0.1, 0.15) is 31.0 Å². The van der Waals surface area contributed by atoms with E-state index in [4.69, 9.17) is 10.7 Å². The third-order valence-electron chi connectivity index (χ3n) is 6.46. The average molecular weight is 495 g/mol. The molecule has 5 rings (SSSR count). The van der Waals surface area contributed by atoms with Gasteiger partial charge in [-0.1, -0.05) is 24.1 Å². The van der Waals surface area contributed by atoms with Gasteiger partial charge in [0.25, 0.3) is 5.56 Å². The second-order valence-corrected chi connectivity index (χ2v) is 8.95. The van der Waals surface area contributed by atoms with Crippen molar-refractivity contribution in [3.8, 4) is 23.6 Å². The fourth-order valence-corrected chi connectivity index (χ4v) is 4.73. The number of fused-ring (bicyclic) bond motifs is 1. The molecule has 186 valence electrons. The molecule has 1 aromatic carbocycles. The van der Waals surface area contributed by atoms with Gasteiger partial charge in [0.2, 0.25) is 5.95 Å². The maximum atomic E-state index is 14.0. The summed E-state index contributed by atoms with van der Waals surface area (Å²) in [5.74, 6) is 6.52. The molecule has 2 N–H and O–H groups in total. The molecule has 10 nitrogen and oxygen atoms in total. The number of piperidine rings is 1. The second kappa shape index (κ2) is 10.1. The predicted octanol–water partition coefficient (Wildman–Crippen LogP) is 1.61. The quantitative estimate of drug-likeness (QED) is 0.418. The van der Waals surface area contributed by atoms with E-state index in [9.17, 15) is 14.9 Å². The summed E-state index contributed by atoms with van der Waals surface area (Å²) < 4.78 is 4.43. The number of anilines is 1. The first-order valence-corrected chi connectivity index (χ1v) is 12.1. The fraction of sp³-hybridized carbons (Fsp3) is 0.296. The molecule has 0 spiro atoms. The van der Waals surface area contributed by atoms with E-state index >= 15 is 0 Å². The maximum absolute atomic E-state index is 14.0. The zero-order valence-corrected chi connectivity index (χ0v) is 20.5.